The van der Waals surface area contributed by atoms with E-state index >= 15 is 0 Å². The third-order valence-corrected chi connectivity index (χ3v) is 7.62. The second-order valence-electron chi connectivity index (χ2n) is 10.6. The highest BCUT2D eigenvalue weighted by Crippen LogP contribution is 2.23. The van der Waals surface area contributed by atoms with Gasteiger partial charge in [0.15, 0.2) is 0 Å². The Kier molecular flexibility index (Phi) is 11.4. The van der Waals surface area contributed by atoms with Crippen molar-refractivity contribution in [3.63, 3.8) is 0 Å². The average Bonchev–Trinajstić information content (AvgIpc) is 3.09. The van der Waals surface area contributed by atoms with E-state index < -0.39 is 17.9 Å². The molecular weight excluding hydrogens is 635 g/mol. The van der Waals surface area contributed by atoms with E-state index in [4.69, 9.17) is 33.7 Å². The van der Waals surface area contributed by atoms with Gasteiger partial charge in [0.2, 0.25) is 0 Å². The van der Waals surface area contributed by atoms with Gasteiger partial charge in [-0.1, -0.05) is 59.6 Å². The first kappa shape index (κ1) is 33.4. The Morgan fingerprint density at radius 1 is 0.745 bits per heavy atom. The molecule has 4 heterocycles. The lowest BCUT2D eigenvalue weighted by molar-refractivity contribution is -0.154. The first-order valence-corrected chi connectivity index (χ1v) is 15.7. The largest absolute Gasteiger partial charge is 0.459 e. The Morgan fingerprint density at radius 2 is 1.30 bits per heavy atom. The second kappa shape index (κ2) is 16.0. The molecule has 0 fully saturated rings. The highest BCUT2D eigenvalue weighted by atomic mass is 35.5. The first-order valence-electron chi connectivity index (χ1n) is 14.9. The molecule has 0 saturated carbocycles. The zero-order valence-electron chi connectivity index (χ0n) is 25.5. The molecule has 0 spiro atoms. The van der Waals surface area contributed by atoms with Crippen LogP contribution < -0.4 is 11.1 Å². The molecule has 6 rings (SSSR count). The van der Waals surface area contributed by atoms with Crippen LogP contribution in [0.4, 0.5) is 0 Å². The highest BCUT2D eigenvalue weighted by molar-refractivity contribution is 6.32. The summed E-state index contributed by atoms with van der Waals surface area (Å²) in [5.74, 6) is -1.70. The van der Waals surface area contributed by atoms with E-state index in [0.29, 0.717) is 22.2 Å². The topological polar surface area (TPSA) is 133 Å². The van der Waals surface area contributed by atoms with Crippen molar-refractivity contribution in [2.45, 2.75) is 31.8 Å². The van der Waals surface area contributed by atoms with Crippen LogP contribution in [0.1, 0.15) is 41.5 Å². The van der Waals surface area contributed by atoms with Gasteiger partial charge in [-0.05, 0) is 79.4 Å². The number of hydrogen-bond donors (Lipinski definition) is 2. The van der Waals surface area contributed by atoms with Gasteiger partial charge >= 0.3 is 11.9 Å². The number of nitrogens with zero attached hydrogens (tertiary/aromatic N) is 4. The number of carbonyl (C=O) groups is 2. The molecule has 3 N–H and O–H groups in total. The third kappa shape index (κ3) is 9.29. The number of pyridine rings is 4. The number of nitrogens with two attached hydrogens (primary N) is 1. The van der Waals surface area contributed by atoms with Crippen LogP contribution >= 0.6 is 23.2 Å². The lowest BCUT2D eigenvalue weighted by Gasteiger charge is -2.18. The Labute approximate surface area is 282 Å². The summed E-state index contributed by atoms with van der Waals surface area (Å²) in [6, 6.07) is 26.3. The normalized spacial score (nSPS) is 12.1. The number of rotatable bonds is 8. The molecule has 2 atom stereocenters. The zero-order valence-corrected chi connectivity index (χ0v) is 27.0. The Bertz CT molecular complexity index is 1980. The molecule has 238 valence electrons. The predicted octanol–water partition coefficient (Wildman–Crippen LogP) is 6.77. The minimum atomic E-state index is -0.909. The summed E-state index contributed by atoms with van der Waals surface area (Å²) in [7, 11) is 0. The van der Waals surface area contributed by atoms with E-state index in [1.165, 1.54) is 0 Å². The fourth-order valence-electron chi connectivity index (χ4n) is 4.95. The Hall–Kier alpha value is -4.96. The van der Waals surface area contributed by atoms with Crippen LogP contribution in [0.2, 0.25) is 10.0 Å². The second-order valence-corrected chi connectivity index (χ2v) is 11.5. The lowest BCUT2D eigenvalue weighted by Crippen LogP contribution is -2.36. The van der Waals surface area contributed by atoms with Gasteiger partial charge in [0, 0.05) is 35.6 Å². The third-order valence-electron chi connectivity index (χ3n) is 7.20. The monoisotopic (exact) mass is 666 g/mol. The maximum Gasteiger partial charge on any atom is 0.396 e. The number of amides is 1. The van der Waals surface area contributed by atoms with E-state index in [-0.39, 0.29) is 12.6 Å². The molecule has 0 aliphatic heterocycles. The number of ether oxygens (including phenoxy) is 1. The predicted molar refractivity (Wildman–Crippen MR) is 184 cm³/mol. The molecule has 4 aromatic heterocycles. The number of fused-ring (bicyclic) bond motifs is 2. The maximum atomic E-state index is 12.1. The SMILES string of the molecule is CCOC(=O)C(=O)NC(Cc1ccc2cc(Cl)cnc2c1)c1ccccn1.NC(Cc1ccc2cc(Cl)cnc2c1)c1ccccn1. The van der Waals surface area contributed by atoms with Crippen LogP contribution in [0.3, 0.4) is 0 Å². The minimum Gasteiger partial charge on any atom is -0.459 e. The standard InChI is InChI=1S/C20H18ClN3O3.C16H14ClN3/c1-2-27-20(26)19(25)24-18(16-5-3-4-8-22-16)10-13-6-7-14-11-15(21)12-23-17(14)9-13;17-13-9-12-5-4-11(8-16(12)20-10-13)7-14(18)15-3-1-2-6-19-15/h3-9,11-12,18H,2,10H2,1H3,(H,24,25);1-6,8-10,14H,7,18H2. The van der Waals surface area contributed by atoms with Gasteiger partial charge in [0.05, 0.1) is 51.2 Å². The molecule has 0 aliphatic rings. The van der Waals surface area contributed by atoms with Gasteiger partial charge in [-0.25, -0.2) is 4.79 Å². The first-order chi connectivity index (χ1) is 22.8. The van der Waals surface area contributed by atoms with Crippen LogP contribution in [-0.4, -0.2) is 38.4 Å². The summed E-state index contributed by atoms with van der Waals surface area (Å²) in [5.41, 5.74) is 11.6. The van der Waals surface area contributed by atoms with Crippen molar-refractivity contribution in [3.8, 4) is 0 Å². The van der Waals surface area contributed by atoms with Gasteiger partial charge < -0.3 is 15.8 Å². The van der Waals surface area contributed by atoms with Crippen molar-refractivity contribution in [2.24, 2.45) is 5.73 Å². The molecule has 2 aromatic carbocycles. The molecule has 47 heavy (non-hydrogen) atoms. The van der Waals surface area contributed by atoms with Crippen molar-refractivity contribution >= 4 is 56.9 Å². The van der Waals surface area contributed by atoms with E-state index in [2.05, 4.69) is 37.4 Å². The quantitative estimate of drug-likeness (QED) is 0.134. The summed E-state index contributed by atoms with van der Waals surface area (Å²) in [4.78, 5) is 41.1. The van der Waals surface area contributed by atoms with E-state index in [9.17, 15) is 9.59 Å². The molecular formula is C36H32Cl2N6O3. The molecule has 0 radical (unpaired) electrons. The molecule has 0 bridgehead atoms. The fourth-order valence-corrected chi connectivity index (χ4v) is 5.28. The average molecular weight is 668 g/mol. The highest BCUT2D eigenvalue weighted by Gasteiger charge is 2.22. The zero-order chi connectivity index (χ0) is 33.2. The smallest absolute Gasteiger partial charge is 0.396 e. The number of halogens is 2. The maximum absolute atomic E-state index is 12.1. The van der Waals surface area contributed by atoms with Gasteiger partial charge in [0.25, 0.3) is 0 Å². The lowest BCUT2D eigenvalue weighted by atomic mass is 10.0. The fraction of sp³-hybridized carbons (Fsp3) is 0.167. The molecule has 1 amide bonds. The van der Waals surface area contributed by atoms with Crippen molar-refractivity contribution in [1.29, 1.82) is 0 Å². The van der Waals surface area contributed by atoms with Crippen molar-refractivity contribution in [3.05, 3.63) is 142 Å². The van der Waals surface area contributed by atoms with Gasteiger partial charge in [-0.2, -0.15) is 0 Å². The molecule has 2 unspecified atom stereocenters. The molecule has 9 nitrogen and oxygen atoms in total. The van der Waals surface area contributed by atoms with Crippen molar-refractivity contribution in [1.82, 2.24) is 25.3 Å². The summed E-state index contributed by atoms with van der Waals surface area (Å²) in [6.45, 7) is 1.79. The number of esters is 1. The molecule has 0 aliphatic carbocycles. The molecule has 6 aromatic rings. The number of aromatic nitrogens is 4. The summed E-state index contributed by atoms with van der Waals surface area (Å²) in [5, 5.41) is 5.89. The van der Waals surface area contributed by atoms with E-state index in [0.717, 1.165) is 45.0 Å². The molecule has 11 heteroatoms. The number of carbonyl (C=O) groups excluding carboxylic acids is 2. The van der Waals surface area contributed by atoms with Gasteiger partial charge in [0.1, 0.15) is 0 Å². The van der Waals surface area contributed by atoms with E-state index in [1.807, 2.05) is 60.7 Å². The number of hydrogen-bond acceptors (Lipinski definition) is 8. The van der Waals surface area contributed by atoms with Crippen LogP contribution in [0.15, 0.2) is 110 Å². The van der Waals surface area contributed by atoms with Crippen LogP contribution in [0.5, 0.6) is 0 Å². The minimum absolute atomic E-state index is 0.110. The van der Waals surface area contributed by atoms with E-state index in [1.54, 1.807) is 43.8 Å². The Balaban J connectivity index is 0.000000193. The number of benzene rings is 2. The molecule has 0 saturated heterocycles. The number of nitrogens with one attached hydrogen (secondary N) is 1. The van der Waals surface area contributed by atoms with Crippen molar-refractivity contribution in [2.75, 3.05) is 6.61 Å². The van der Waals surface area contributed by atoms with Crippen LogP contribution in [0.25, 0.3) is 21.8 Å². The summed E-state index contributed by atoms with van der Waals surface area (Å²) >= 11 is 11.9. The van der Waals surface area contributed by atoms with Crippen LogP contribution in [-0.2, 0) is 27.2 Å². The summed E-state index contributed by atoms with van der Waals surface area (Å²) < 4.78 is 4.77. The van der Waals surface area contributed by atoms with Gasteiger partial charge in [-0.3, -0.25) is 24.7 Å². The van der Waals surface area contributed by atoms with Gasteiger partial charge in [-0.15, -0.1) is 0 Å². The van der Waals surface area contributed by atoms with Crippen LogP contribution in [0, 0.1) is 0 Å². The summed E-state index contributed by atoms with van der Waals surface area (Å²) in [6.07, 6.45) is 7.83. The Morgan fingerprint density at radius 3 is 1.83 bits per heavy atom. The van der Waals surface area contributed by atoms with Crippen molar-refractivity contribution < 1.29 is 14.3 Å².